The number of thiophene rings is 1. The molecule has 26 heavy (non-hydrogen) atoms. The van der Waals surface area contributed by atoms with Crippen LogP contribution in [0.2, 0.25) is 0 Å². The molecule has 1 aliphatic heterocycles. The summed E-state index contributed by atoms with van der Waals surface area (Å²) in [5.74, 6) is -0.599. The van der Waals surface area contributed by atoms with Crippen molar-refractivity contribution in [3.8, 4) is 5.75 Å². The highest BCUT2D eigenvalue weighted by molar-refractivity contribution is 7.08. The lowest BCUT2D eigenvalue weighted by atomic mass is 10.1. The van der Waals surface area contributed by atoms with Crippen LogP contribution < -0.4 is 15.4 Å². The Morgan fingerprint density at radius 3 is 2.50 bits per heavy atom. The number of nitrogens with zero attached hydrogens (tertiary/aromatic N) is 1. The number of carbonyl (C=O) groups excluding carboxylic acids is 2. The summed E-state index contributed by atoms with van der Waals surface area (Å²) in [6.07, 6.45) is 2.35. The molecule has 2 aromatic rings. The summed E-state index contributed by atoms with van der Waals surface area (Å²) in [4.78, 5) is 26.7. The monoisotopic (exact) mass is 373 g/mol. The van der Waals surface area contributed by atoms with Gasteiger partial charge in [0.2, 0.25) is 0 Å². The van der Waals surface area contributed by atoms with Crippen molar-refractivity contribution in [2.45, 2.75) is 18.9 Å². The minimum atomic E-state index is -0.666. The summed E-state index contributed by atoms with van der Waals surface area (Å²) in [5.41, 5.74) is 1.74. The van der Waals surface area contributed by atoms with E-state index in [2.05, 4.69) is 27.0 Å². The molecule has 0 unspecified atom stereocenters. The highest BCUT2D eigenvalue weighted by atomic mass is 32.1. The normalized spacial score (nSPS) is 15.4. The minimum absolute atomic E-state index is 0.112. The highest BCUT2D eigenvalue weighted by Crippen LogP contribution is 2.26. The highest BCUT2D eigenvalue weighted by Gasteiger charge is 2.25. The van der Waals surface area contributed by atoms with Crippen LogP contribution in [0.4, 0.5) is 5.69 Å². The molecule has 1 atom stereocenters. The van der Waals surface area contributed by atoms with Gasteiger partial charge >= 0.3 is 11.8 Å². The smallest absolute Gasteiger partial charge is 0.313 e. The Kier molecular flexibility index (Phi) is 6.25. The molecular weight excluding hydrogens is 350 g/mol. The van der Waals surface area contributed by atoms with Crippen molar-refractivity contribution in [3.05, 3.63) is 46.7 Å². The molecule has 0 aliphatic carbocycles. The molecule has 0 spiro atoms. The predicted octanol–water partition coefficient (Wildman–Crippen LogP) is 2.65. The minimum Gasteiger partial charge on any atom is -0.497 e. The van der Waals surface area contributed by atoms with Gasteiger partial charge in [-0.3, -0.25) is 14.5 Å². The molecule has 2 N–H and O–H groups in total. The fourth-order valence-corrected chi connectivity index (χ4v) is 3.81. The van der Waals surface area contributed by atoms with Crippen LogP contribution >= 0.6 is 11.3 Å². The van der Waals surface area contributed by atoms with Crippen LogP contribution in [0.5, 0.6) is 5.75 Å². The zero-order valence-corrected chi connectivity index (χ0v) is 15.6. The molecule has 1 aliphatic rings. The van der Waals surface area contributed by atoms with Gasteiger partial charge in [-0.05, 0) is 72.6 Å². The standard InChI is InChI=1S/C19H23N3O3S/c1-25-16-6-4-15(5-7-16)21-19(24)18(23)20-12-17(14-8-11-26-13-14)22-9-2-3-10-22/h4-8,11,13,17H,2-3,9-10,12H2,1H3,(H,20,23)(H,21,24)/t17-/m0/s1. The van der Waals surface area contributed by atoms with Gasteiger partial charge in [0, 0.05) is 12.2 Å². The van der Waals surface area contributed by atoms with Gasteiger partial charge in [0.1, 0.15) is 5.75 Å². The fourth-order valence-electron chi connectivity index (χ4n) is 3.11. The summed E-state index contributed by atoms with van der Waals surface area (Å²) < 4.78 is 5.07. The number of carbonyl (C=O) groups is 2. The van der Waals surface area contributed by atoms with Gasteiger partial charge < -0.3 is 15.4 Å². The van der Waals surface area contributed by atoms with E-state index in [4.69, 9.17) is 4.74 Å². The maximum absolute atomic E-state index is 12.2. The third-order valence-corrected chi connectivity index (χ3v) is 5.22. The lowest BCUT2D eigenvalue weighted by Crippen LogP contribution is -2.41. The number of hydrogen-bond donors (Lipinski definition) is 2. The van der Waals surface area contributed by atoms with E-state index in [1.807, 2.05) is 5.38 Å². The lowest BCUT2D eigenvalue weighted by molar-refractivity contribution is -0.136. The van der Waals surface area contributed by atoms with E-state index in [1.165, 1.54) is 18.4 Å². The first kappa shape index (κ1) is 18.4. The van der Waals surface area contributed by atoms with Crippen molar-refractivity contribution < 1.29 is 14.3 Å². The average Bonchev–Trinajstić information content (AvgIpc) is 3.37. The molecule has 2 heterocycles. The number of benzene rings is 1. The van der Waals surface area contributed by atoms with Gasteiger partial charge in [-0.2, -0.15) is 11.3 Å². The first-order valence-electron chi connectivity index (χ1n) is 8.67. The molecule has 0 radical (unpaired) electrons. The number of anilines is 1. The quantitative estimate of drug-likeness (QED) is 0.764. The van der Waals surface area contributed by atoms with Crippen molar-refractivity contribution in [2.75, 3.05) is 32.1 Å². The predicted molar refractivity (Wildman–Crippen MR) is 103 cm³/mol. The molecule has 1 aromatic heterocycles. The average molecular weight is 373 g/mol. The SMILES string of the molecule is COc1ccc(NC(=O)C(=O)NC[C@@H](c2ccsc2)N2CCCC2)cc1. The van der Waals surface area contributed by atoms with E-state index in [0.717, 1.165) is 13.1 Å². The van der Waals surface area contributed by atoms with E-state index < -0.39 is 11.8 Å². The van der Waals surface area contributed by atoms with Crippen molar-refractivity contribution in [3.63, 3.8) is 0 Å². The number of hydrogen-bond acceptors (Lipinski definition) is 5. The van der Waals surface area contributed by atoms with Crippen LogP contribution in [0, 0.1) is 0 Å². The largest absolute Gasteiger partial charge is 0.497 e. The zero-order chi connectivity index (χ0) is 18.4. The van der Waals surface area contributed by atoms with E-state index in [0.29, 0.717) is 18.0 Å². The summed E-state index contributed by atoms with van der Waals surface area (Å²) in [7, 11) is 1.57. The molecule has 6 nitrogen and oxygen atoms in total. The summed E-state index contributed by atoms with van der Waals surface area (Å²) in [6, 6.07) is 9.05. The Hall–Kier alpha value is -2.38. The molecular formula is C19H23N3O3S. The molecule has 3 rings (SSSR count). The van der Waals surface area contributed by atoms with Crippen molar-refractivity contribution >= 4 is 28.8 Å². The number of rotatable bonds is 6. The van der Waals surface area contributed by atoms with Gasteiger partial charge in [0.05, 0.1) is 13.2 Å². The number of methoxy groups -OCH3 is 1. The van der Waals surface area contributed by atoms with Crippen LogP contribution in [0.25, 0.3) is 0 Å². The molecule has 138 valence electrons. The molecule has 1 fully saturated rings. The third-order valence-electron chi connectivity index (χ3n) is 4.52. The van der Waals surface area contributed by atoms with Crippen molar-refractivity contribution in [2.24, 2.45) is 0 Å². The fraction of sp³-hybridized carbons (Fsp3) is 0.368. The molecule has 1 aromatic carbocycles. The molecule has 1 saturated heterocycles. The Balaban J connectivity index is 1.56. The van der Waals surface area contributed by atoms with Crippen LogP contribution in [-0.2, 0) is 9.59 Å². The first-order chi connectivity index (χ1) is 12.7. The number of likely N-dealkylation sites (tertiary alicyclic amines) is 1. The number of ether oxygens (including phenoxy) is 1. The Bertz CT molecular complexity index is 725. The van der Waals surface area contributed by atoms with Crippen molar-refractivity contribution in [1.82, 2.24) is 10.2 Å². The van der Waals surface area contributed by atoms with Crippen LogP contribution in [0.1, 0.15) is 24.4 Å². The maximum atomic E-state index is 12.2. The summed E-state index contributed by atoms with van der Waals surface area (Å²) in [5, 5.41) is 9.52. The van der Waals surface area contributed by atoms with Gasteiger partial charge in [-0.1, -0.05) is 0 Å². The van der Waals surface area contributed by atoms with Crippen LogP contribution in [0.15, 0.2) is 41.1 Å². The first-order valence-corrected chi connectivity index (χ1v) is 9.61. The second-order valence-corrected chi connectivity index (χ2v) is 6.99. The molecule has 0 bridgehead atoms. The molecule has 2 amide bonds. The van der Waals surface area contributed by atoms with Gasteiger partial charge in [-0.15, -0.1) is 0 Å². The lowest BCUT2D eigenvalue weighted by Gasteiger charge is -2.27. The second-order valence-electron chi connectivity index (χ2n) is 6.21. The third kappa shape index (κ3) is 4.62. The Morgan fingerprint density at radius 2 is 1.88 bits per heavy atom. The van der Waals surface area contributed by atoms with Crippen LogP contribution in [-0.4, -0.2) is 43.5 Å². The zero-order valence-electron chi connectivity index (χ0n) is 14.7. The van der Waals surface area contributed by atoms with E-state index in [-0.39, 0.29) is 6.04 Å². The second kappa shape index (κ2) is 8.82. The van der Waals surface area contributed by atoms with Gasteiger partial charge in [0.15, 0.2) is 0 Å². The van der Waals surface area contributed by atoms with Crippen LogP contribution in [0.3, 0.4) is 0 Å². The Labute approximate surface area is 157 Å². The van der Waals surface area contributed by atoms with Gasteiger partial charge in [0.25, 0.3) is 0 Å². The van der Waals surface area contributed by atoms with Crippen molar-refractivity contribution in [1.29, 1.82) is 0 Å². The van der Waals surface area contributed by atoms with Gasteiger partial charge in [-0.25, -0.2) is 0 Å². The topological polar surface area (TPSA) is 70.7 Å². The number of amides is 2. The van der Waals surface area contributed by atoms with E-state index in [1.54, 1.807) is 42.7 Å². The van der Waals surface area contributed by atoms with E-state index in [9.17, 15) is 9.59 Å². The molecule has 7 heteroatoms. The summed E-state index contributed by atoms with van der Waals surface area (Å²) in [6.45, 7) is 2.47. The number of nitrogens with one attached hydrogen (secondary N) is 2. The molecule has 0 saturated carbocycles. The Morgan fingerprint density at radius 1 is 1.15 bits per heavy atom. The summed E-state index contributed by atoms with van der Waals surface area (Å²) >= 11 is 1.64. The van der Waals surface area contributed by atoms with E-state index >= 15 is 0 Å². The maximum Gasteiger partial charge on any atom is 0.313 e.